The second-order valence-electron chi connectivity index (χ2n) is 4.16. The highest BCUT2D eigenvalue weighted by molar-refractivity contribution is 5.98. The van der Waals surface area contributed by atoms with Crippen LogP contribution in [-0.4, -0.2) is 17.2 Å². The summed E-state index contributed by atoms with van der Waals surface area (Å²) in [6.07, 6.45) is 1.19. The number of hydrogen-bond acceptors (Lipinski definition) is 4. The number of nitriles is 1. The van der Waals surface area contributed by atoms with Gasteiger partial charge in [-0.25, -0.2) is 4.79 Å². The second-order valence-corrected chi connectivity index (χ2v) is 4.16. The third-order valence-corrected chi connectivity index (χ3v) is 2.24. The molecule has 0 radical (unpaired) electrons. The molecule has 0 saturated heterocycles. The fourth-order valence-corrected chi connectivity index (χ4v) is 1.39. The van der Waals surface area contributed by atoms with Crippen LogP contribution in [0.2, 0.25) is 0 Å². The van der Waals surface area contributed by atoms with Crippen LogP contribution in [0.3, 0.4) is 0 Å². The van der Waals surface area contributed by atoms with Crippen LogP contribution in [0.4, 0.5) is 0 Å². The first-order valence-corrected chi connectivity index (χ1v) is 5.56. The normalized spacial score (nSPS) is 11.2. The predicted octanol–water partition coefficient (Wildman–Crippen LogP) is 2.56. The zero-order valence-corrected chi connectivity index (χ0v) is 10.6. The van der Waals surface area contributed by atoms with Gasteiger partial charge in [0, 0.05) is 0 Å². The third kappa shape index (κ3) is 3.63. The Morgan fingerprint density at radius 1 is 1.50 bits per heavy atom. The van der Waals surface area contributed by atoms with E-state index in [9.17, 15) is 9.90 Å². The number of carbonyl (C=O) groups excluding carboxylic acids is 1. The predicted molar refractivity (Wildman–Crippen MR) is 67.7 cm³/mol. The molecule has 0 aliphatic carbocycles. The number of nitrogens with zero attached hydrogens (tertiary/aromatic N) is 1. The van der Waals surface area contributed by atoms with E-state index in [2.05, 4.69) is 0 Å². The van der Waals surface area contributed by atoms with E-state index in [0.717, 1.165) is 5.56 Å². The number of benzene rings is 1. The van der Waals surface area contributed by atoms with Crippen LogP contribution < -0.4 is 0 Å². The highest BCUT2D eigenvalue weighted by Crippen LogP contribution is 2.18. The molecule has 18 heavy (non-hydrogen) atoms. The van der Waals surface area contributed by atoms with E-state index in [1.54, 1.807) is 32.9 Å². The lowest BCUT2D eigenvalue weighted by Gasteiger charge is -2.07. The molecule has 0 aliphatic rings. The molecule has 4 heteroatoms. The zero-order chi connectivity index (χ0) is 13.7. The van der Waals surface area contributed by atoms with Gasteiger partial charge in [0.15, 0.2) is 0 Å². The van der Waals surface area contributed by atoms with Crippen LogP contribution in [0.25, 0.3) is 6.08 Å². The molecule has 0 saturated carbocycles. The summed E-state index contributed by atoms with van der Waals surface area (Å²) >= 11 is 0. The summed E-state index contributed by atoms with van der Waals surface area (Å²) in [6, 6.07) is 6.53. The number of aromatic hydroxyl groups is 1. The first kappa shape index (κ1) is 13.8. The van der Waals surface area contributed by atoms with Crippen LogP contribution in [0.15, 0.2) is 23.8 Å². The quantitative estimate of drug-likeness (QED) is 0.504. The highest BCUT2D eigenvalue weighted by Gasteiger charge is 2.12. The molecule has 1 N–H and O–H groups in total. The molecular weight excluding hydrogens is 230 g/mol. The first-order chi connectivity index (χ1) is 8.43. The van der Waals surface area contributed by atoms with E-state index < -0.39 is 5.97 Å². The topological polar surface area (TPSA) is 70.3 Å². The fraction of sp³-hybridized carbons (Fsp3) is 0.286. The maximum atomic E-state index is 11.6. The first-order valence-electron chi connectivity index (χ1n) is 5.56. The summed E-state index contributed by atoms with van der Waals surface area (Å²) in [5, 5.41) is 18.2. The van der Waals surface area contributed by atoms with E-state index in [1.165, 1.54) is 12.1 Å². The number of esters is 1. The van der Waals surface area contributed by atoms with Crippen LogP contribution in [0.5, 0.6) is 5.75 Å². The van der Waals surface area contributed by atoms with Crippen LogP contribution >= 0.6 is 0 Å². The Hall–Kier alpha value is -2.28. The number of rotatable bonds is 3. The molecule has 0 atom stereocenters. The average Bonchev–Trinajstić information content (AvgIpc) is 2.27. The number of phenols is 1. The Balaban J connectivity index is 3.05. The molecule has 0 spiro atoms. The largest absolute Gasteiger partial charge is 0.508 e. The number of aryl methyl sites for hydroxylation is 1. The van der Waals surface area contributed by atoms with Gasteiger partial charge in [0.1, 0.15) is 17.4 Å². The van der Waals surface area contributed by atoms with Crippen molar-refractivity contribution in [3.8, 4) is 11.8 Å². The monoisotopic (exact) mass is 245 g/mol. The Kier molecular flexibility index (Phi) is 4.50. The molecular formula is C14H15NO3. The molecule has 0 aromatic heterocycles. The molecule has 1 rings (SSSR count). The average molecular weight is 245 g/mol. The van der Waals surface area contributed by atoms with Crippen molar-refractivity contribution >= 4 is 12.0 Å². The highest BCUT2D eigenvalue weighted by atomic mass is 16.5. The van der Waals surface area contributed by atoms with Crippen molar-refractivity contribution in [2.75, 3.05) is 0 Å². The van der Waals surface area contributed by atoms with Gasteiger partial charge >= 0.3 is 5.97 Å². The van der Waals surface area contributed by atoms with Gasteiger partial charge in [0.25, 0.3) is 0 Å². The smallest absolute Gasteiger partial charge is 0.349 e. The number of carbonyl (C=O) groups is 1. The summed E-state index contributed by atoms with van der Waals surface area (Å²) in [6.45, 7) is 5.23. The summed E-state index contributed by atoms with van der Waals surface area (Å²) in [4.78, 5) is 11.6. The molecule has 94 valence electrons. The summed E-state index contributed by atoms with van der Waals surface area (Å²) < 4.78 is 4.96. The van der Waals surface area contributed by atoms with Crippen molar-refractivity contribution < 1.29 is 14.6 Å². The molecule has 0 fully saturated rings. The molecule has 0 aliphatic heterocycles. The van der Waals surface area contributed by atoms with Crippen molar-refractivity contribution in [1.29, 1.82) is 5.26 Å². The van der Waals surface area contributed by atoms with Gasteiger partial charge in [0.2, 0.25) is 0 Å². The Labute approximate surface area is 106 Å². The minimum Gasteiger partial charge on any atom is -0.508 e. The number of hydrogen-bond donors (Lipinski definition) is 1. The maximum absolute atomic E-state index is 11.6. The molecule has 0 unspecified atom stereocenters. The summed E-state index contributed by atoms with van der Waals surface area (Å²) in [5.74, 6) is -0.493. The van der Waals surface area contributed by atoms with Crippen LogP contribution in [-0.2, 0) is 9.53 Å². The van der Waals surface area contributed by atoms with Crippen molar-refractivity contribution in [2.45, 2.75) is 26.9 Å². The van der Waals surface area contributed by atoms with Crippen LogP contribution in [0, 0.1) is 18.3 Å². The molecule has 0 bridgehead atoms. The maximum Gasteiger partial charge on any atom is 0.349 e. The fourth-order valence-electron chi connectivity index (χ4n) is 1.39. The molecule has 4 nitrogen and oxygen atoms in total. The number of phenolic OH excluding ortho intramolecular Hbond substituents is 1. The SMILES string of the molecule is Cc1cc(O)ccc1C=C(C#N)C(=O)OC(C)C. The van der Waals surface area contributed by atoms with E-state index in [4.69, 9.17) is 10.00 Å². The third-order valence-electron chi connectivity index (χ3n) is 2.24. The lowest BCUT2D eigenvalue weighted by molar-refractivity contribution is -0.142. The van der Waals surface area contributed by atoms with E-state index in [1.807, 2.05) is 6.07 Å². The van der Waals surface area contributed by atoms with Crippen molar-refractivity contribution in [3.05, 3.63) is 34.9 Å². The van der Waals surface area contributed by atoms with Gasteiger partial charge in [-0.15, -0.1) is 0 Å². The van der Waals surface area contributed by atoms with Gasteiger partial charge in [-0.05, 0) is 50.1 Å². The molecule has 0 heterocycles. The van der Waals surface area contributed by atoms with Crippen molar-refractivity contribution in [1.82, 2.24) is 0 Å². The van der Waals surface area contributed by atoms with Crippen molar-refractivity contribution in [2.24, 2.45) is 0 Å². The lowest BCUT2D eigenvalue weighted by Crippen LogP contribution is -2.12. The molecule has 1 aromatic carbocycles. The number of ether oxygens (including phenoxy) is 1. The minimum absolute atomic E-state index is 0.0579. The Morgan fingerprint density at radius 2 is 2.17 bits per heavy atom. The lowest BCUT2D eigenvalue weighted by atomic mass is 10.1. The summed E-state index contributed by atoms with van der Waals surface area (Å²) in [7, 11) is 0. The standard InChI is InChI=1S/C14H15NO3/c1-9(2)18-14(17)12(8-15)7-11-4-5-13(16)6-10(11)3/h4-7,9,16H,1-3H3. The second kappa shape index (κ2) is 5.87. The van der Waals surface area contributed by atoms with Gasteiger partial charge in [-0.2, -0.15) is 5.26 Å². The minimum atomic E-state index is -0.639. The van der Waals surface area contributed by atoms with Crippen molar-refractivity contribution in [3.63, 3.8) is 0 Å². The van der Waals surface area contributed by atoms with E-state index in [0.29, 0.717) is 5.56 Å². The Bertz CT molecular complexity index is 524. The van der Waals surface area contributed by atoms with Gasteiger partial charge in [0.05, 0.1) is 6.10 Å². The van der Waals surface area contributed by atoms with E-state index in [-0.39, 0.29) is 17.4 Å². The van der Waals surface area contributed by atoms with Crippen LogP contribution in [0.1, 0.15) is 25.0 Å². The molecule has 1 aromatic rings. The Morgan fingerprint density at radius 3 is 2.67 bits per heavy atom. The molecule has 0 amide bonds. The van der Waals surface area contributed by atoms with Gasteiger partial charge in [-0.1, -0.05) is 6.07 Å². The summed E-state index contributed by atoms with van der Waals surface area (Å²) in [5.41, 5.74) is 1.42. The van der Waals surface area contributed by atoms with Gasteiger partial charge < -0.3 is 9.84 Å². The van der Waals surface area contributed by atoms with Gasteiger partial charge in [-0.3, -0.25) is 0 Å². The van der Waals surface area contributed by atoms with E-state index >= 15 is 0 Å². The zero-order valence-electron chi connectivity index (χ0n) is 10.6.